The van der Waals surface area contributed by atoms with Crippen LogP contribution in [0, 0.1) is 17.2 Å². The maximum absolute atomic E-state index is 13.3. The maximum atomic E-state index is 13.3. The summed E-state index contributed by atoms with van der Waals surface area (Å²) in [6, 6.07) is 2.40. The Bertz CT molecular complexity index is 795. The summed E-state index contributed by atoms with van der Waals surface area (Å²) < 4.78 is 79.5. The number of amides is 1. The Kier molecular flexibility index (Phi) is 7.27. The lowest BCUT2D eigenvalue weighted by atomic mass is 10.1. The fraction of sp³-hybridized carbons (Fsp3) is 0.600. The van der Waals surface area contributed by atoms with Crippen molar-refractivity contribution in [2.45, 2.75) is 51.5 Å². The van der Waals surface area contributed by atoms with E-state index >= 15 is 0 Å². The van der Waals surface area contributed by atoms with Gasteiger partial charge in [0.05, 0.1) is 17.2 Å². The molecule has 0 saturated heterocycles. The van der Waals surface area contributed by atoms with Gasteiger partial charge < -0.3 is 9.80 Å². The van der Waals surface area contributed by atoms with Crippen molar-refractivity contribution in [2.24, 2.45) is 5.92 Å². The fourth-order valence-electron chi connectivity index (χ4n) is 3.26. The monoisotopic (exact) mass is 435 g/mol. The molecule has 1 amide bonds. The van der Waals surface area contributed by atoms with Crippen molar-refractivity contribution in [3.05, 3.63) is 29.3 Å². The largest absolute Gasteiger partial charge is 0.417 e. The molecule has 4 nitrogen and oxygen atoms in total. The molecule has 1 atom stereocenters. The van der Waals surface area contributed by atoms with Crippen LogP contribution in [0.15, 0.2) is 18.2 Å². The number of alkyl halides is 6. The summed E-state index contributed by atoms with van der Waals surface area (Å²) in [5.41, 5.74) is -2.45. The van der Waals surface area contributed by atoms with Crippen molar-refractivity contribution >= 4 is 11.6 Å². The lowest BCUT2D eigenvalue weighted by Crippen LogP contribution is -2.51. The van der Waals surface area contributed by atoms with Gasteiger partial charge in [-0.1, -0.05) is 6.92 Å². The number of carbonyl (C=O) groups is 1. The molecule has 1 unspecified atom stereocenters. The fourth-order valence-corrected chi connectivity index (χ4v) is 3.26. The number of nitriles is 1. The number of carbonyl (C=O) groups excluding carboxylic acids is 1. The Morgan fingerprint density at radius 2 is 1.87 bits per heavy atom. The minimum Gasteiger partial charge on any atom is -0.351 e. The SMILES string of the molecule is CCCN(CC1CC1)C(=O)C(C)N(CC(F)(F)F)c1ccc(C#N)c(C(F)(F)F)c1. The van der Waals surface area contributed by atoms with Gasteiger partial charge in [0, 0.05) is 18.8 Å². The zero-order chi connectivity index (χ0) is 22.7. The van der Waals surface area contributed by atoms with Crippen LogP contribution < -0.4 is 4.90 Å². The molecule has 10 heteroatoms. The van der Waals surface area contributed by atoms with Crippen LogP contribution >= 0.6 is 0 Å². The average molecular weight is 435 g/mol. The van der Waals surface area contributed by atoms with Crippen molar-refractivity contribution in [3.63, 3.8) is 0 Å². The Labute approximate surface area is 171 Å². The average Bonchev–Trinajstić information content (AvgIpc) is 3.47. The Morgan fingerprint density at radius 1 is 1.23 bits per heavy atom. The van der Waals surface area contributed by atoms with Gasteiger partial charge >= 0.3 is 12.4 Å². The number of nitrogens with zero attached hydrogens (tertiary/aromatic N) is 3. The minimum atomic E-state index is -4.92. The summed E-state index contributed by atoms with van der Waals surface area (Å²) in [4.78, 5) is 15.0. The van der Waals surface area contributed by atoms with Crippen LogP contribution in [0.25, 0.3) is 0 Å². The summed E-state index contributed by atoms with van der Waals surface area (Å²) in [7, 11) is 0. The number of benzene rings is 1. The lowest BCUT2D eigenvalue weighted by molar-refractivity contribution is -0.137. The van der Waals surface area contributed by atoms with Gasteiger partial charge in [0.15, 0.2) is 0 Å². The molecule has 2 rings (SSSR count). The first kappa shape index (κ1) is 23.8. The first-order valence-corrected chi connectivity index (χ1v) is 9.61. The van der Waals surface area contributed by atoms with E-state index in [2.05, 4.69) is 0 Å². The van der Waals surface area contributed by atoms with Crippen LogP contribution in [0.3, 0.4) is 0 Å². The third kappa shape index (κ3) is 6.28. The number of hydrogen-bond acceptors (Lipinski definition) is 3. The number of hydrogen-bond donors (Lipinski definition) is 0. The molecule has 0 bridgehead atoms. The van der Waals surface area contributed by atoms with Crippen molar-refractivity contribution in [1.29, 1.82) is 5.26 Å². The molecule has 1 aliphatic rings. The number of anilines is 1. The Balaban J connectivity index is 2.42. The quantitative estimate of drug-likeness (QED) is 0.541. The molecule has 0 aliphatic heterocycles. The molecule has 166 valence electrons. The molecule has 1 aliphatic carbocycles. The summed E-state index contributed by atoms with van der Waals surface area (Å²) in [6.07, 6.45) is -7.16. The second kappa shape index (κ2) is 9.14. The van der Waals surface area contributed by atoms with Crippen LogP contribution in [-0.4, -0.2) is 42.7 Å². The van der Waals surface area contributed by atoms with E-state index < -0.39 is 47.7 Å². The Morgan fingerprint density at radius 3 is 2.33 bits per heavy atom. The van der Waals surface area contributed by atoms with Crippen LogP contribution in [-0.2, 0) is 11.0 Å². The van der Waals surface area contributed by atoms with E-state index in [0.717, 1.165) is 25.0 Å². The Hall–Kier alpha value is -2.44. The van der Waals surface area contributed by atoms with Crippen molar-refractivity contribution in [2.75, 3.05) is 24.5 Å². The third-order valence-electron chi connectivity index (χ3n) is 4.92. The summed E-state index contributed by atoms with van der Waals surface area (Å²) in [6.45, 7) is 2.29. The second-order valence-corrected chi connectivity index (χ2v) is 7.49. The van der Waals surface area contributed by atoms with Crippen LogP contribution in [0.2, 0.25) is 0 Å². The molecule has 30 heavy (non-hydrogen) atoms. The smallest absolute Gasteiger partial charge is 0.351 e. The van der Waals surface area contributed by atoms with Crippen LogP contribution in [0.5, 0.6) is 0 Å². The predicted octanol–water partition coefficient (Wildman–Crippen LogP) is 4.98. The number of halogens is 6. The van der Waals surface area contributed by atoms with E-state index in [1.807, 2.05) is 6.92 Å². The summed E-state index contributed by atoms with van der Waals surface area (Å²) >= 11 is 0. The van der Waals surface area contributed by atoms with E-state index in [9.17, 15) is 31.1 Å². The molecule has 0 aromatic heterocycles. The summed E-state index contributed by atoms with van der Waals surface area (Å²) in [5, 5.41) is 8.91. The van der Waals surface area contributed by atoms with Gasteiger partial charge in [-0.25, -0.2) is 0 Å². The first-order valence-electron chi connectivity index (χ1n) is 9.61. The molecule has 0 N–H and O–H groups in total. The zero-order valence-electron chi connectivity index (χ0n) is 16.6. The van der Waals surface area contributed by atoms with Gasteiger partial charge in [-0.15, -0.1) is 0 Å². The van der Waals surface area contributed by atoms with E-state index in [-0.39, 0.29) is 0 Å². The standard InChI is InChI=1S/C20H23F6N3O/c1-3-8-28(11-14-4-5-14)18(30)13(2)29(12-19(21,22)23)16-7-6-15(10-27)17(9-16)20(24,25)26/h6-7,9,13-14H,3-5,8,11-12H2,1-2H3. The highest BCUT2D eigenvalue weighted by atomic mass is 19.4. The lowest BCUT2D eigenvalue weighted by Gasteiger charge is -2.35. The molecule has 1 fully saturated rings. The first-order chi connectivity index (χ1) is 13.9. The molecule has 0 spiro atoms. The van der Waals surface area contributed by atoms with E-state index in [0.29, 0.717) is 36.4 Å². The highest BCUT2D eigenvalue weighted by Crippen LogP contribution is 2.36. The normalized spacial score (nSPS) is 15.4. The zero-order valence-corrected chi connectivity index (χ0v) is 16.6. The molecular weight excluding hydrogens is 412 g/mol. The van der Waals surface area contributed by atoms with Gasteiger partial charge in [0.1, 0.15) is 12.6 Å². The van der Waals surface area contributed by atoms with Crippen molar-refractivity contribution in [3.8, 4) is 6.07 Å². The highest BCUT2D eigenvalue weighted by Gasteiger charge is 2.39. The third-order valence-corrected chi connectivity index (χ3v) is 4.92. The van der Waals surface area contributed by atoms with Crippen LogP contribution in [0.4, 0.5) is 32.0 Å². The van der Waals surface area contributed by atoms with Crippen molar-refractivity contribution in [1.82, 2.24) is 4.90 Å². The van der Waals surface area contributed by atoms with Gasteiger partial charge in [-0.05, 0) is 50.3 Å². The highest BCUT2D eigenvalue weighted by molar-refractivity contribution is 5.85. The molecule has 1 aromatic carbocycles. The maximum Gasteiger partial charge on any atom is 0.417 e. The van der Waals surface area contributed by atoms with Gasteiger partial charge in [-0.3, -0.25) is 4.79 Å². The topological polar surface area (TPSA) is 47.3 Å². The predicted molar refractivity (Wildman–Crippen MR) is 98.6 cm³/mol. The summed E-state index contributed by atoms with van der Waals surface area (Å²) in [5.74, 6) is -0.249. The second-order valence-electron chi connectivity index (χ2n) is 7.49. The van der Waals surface area contributed by atoms with E-state index in [1.165, 1.54) is 17.9 Å². The molecular formula is C20H23F6N3O. The molecule has 1 saturated carbocycles. The van der Waals surface area contributed by atoms with Crippen LogP contribution in [0.1, 0.15) is 44.2 Å². The van der Waals surface area contributed by atoms with Gasteiger partial charge in [0.2, 0.25) is 5.91 Å². The molecule has 0 heterocycles. The van der Waals surface area contributed by atoms with Gasteiger partial charge in [0.25, 0.3) is 0 Å². The van der Waals surface area contributed by atoms with Crippen molar-refractivity contribution < 1.29 is 31.1 Å². The molecule has 1 aromatic rings. The number of rotatable bonds is 8. The van der Waals surface area contributed by atoms with E-state index in [1.54, 1.807) is 0 Å². The van der Waals surface area contributed by atoms with E-state index in [4.69, 9.17) is 5.26 Å². The molecule has 0 radical (unpaired) electrons. The van der Waals surface area contributed by atoms with Gasteiger partial charge in [-0.2, -0.15) is 31.6 Å². The minimum absolute atomic E-state index is 0.315.